The average molecular weight is 292 g/mol. The topological polar surface area (TPSA) is 41.6 Å². The van der Waals surface area contributed by atoms with Crippen LogP contribution in [0.4, 0.5) is 0 Å². The molecular weight excluding hydrogens is 278 g/mol. The van der Waals surface area contributed by atoms with Gasteiger partial charge in [-0.25, -0.2) is 4.99 Å². The van der Waals surface area contributed by atoms with E-state index in [0.29, 0.717) is 0 Å². The summed E-state index contributed by atoms with van der Waals surface area (Å²) in [6.45, 7) is 0. The summed E-state index contributed by atoms with van der Waals surface area (Å²) in [6, 6.07) is 8.10. The molecule has 1 heterocycles. The van der Waals surface area contributed by atoms with Crippen LogP contribution in [0.2, 0.25) is 0 Å². The van der Waals surface area contributed by atoms with Crippen molar-refractivity contribution >= 4 is 27.7 Å². The summed E-state index contributed by atoms with van der Waals surface area (Å²) < 4.78 is 1.07. The average Bonchev–Trinajstić information content (AvgIpc) is 2.31. The number of rotatable bonds is 2. The second kappa shape index (κ2) is 5.29. The first-order valence-corrected chi connectivity index (χ1v) is 6.11. The van der Waals surface area contributed by atoms with E-state index in [9.17, 15) is 0 Å². The van der Waals surface area contributed by atoms with Gasteiger partial charge in [0.1, 0.15) is 0 Å². The van der Waals surface area contributed by atoms with Gasteiger partial charge in [-0.05, 0) is 29.8 Å². The lowest BCUT2D eigenvalue weighted by Crippen LogP contribution is -2.36. The lowest BCUT2D eigenvalue weighted by molar-refractivity contribution is 0.344. The number of benzene rings is 1. The van der Waals surface area contributed by atoms with E-state index in [0.717, 1.165) is 15.7 Å². The molecule has 0 aliphatic carbocycles. The zero-order valence-electron chi connectivity index (χ0n) is 9.55. The monoisotopic (exact) mass is 291 g/mol. The van der Waals surface area contributed by atoms with Crippen molar-refractivity contribution in [2.24, 2.45) is 10.7 Å². The van der Waals surface area contributed by atoms with E-state index in [1.165, 1.54) is 0 Å². The first-order valence-electron chi connectivity index (χ1n) is 5.32. The molecule has 88 valence electrons. The maximum Gasteiger partial charge on any atom is 0.173 e. The molecule has 1 atom stereocenters. The number of hydrogen-bond acceptors (Lipinski definition) is 3. The first kappa shape index (κ1) is 12.1. The van der Waals surface area contributed by atoms with Crippen molar-refractivity contribution in [2.45, 2.75) is 6.29 Å². The normalized spacial score (nSPS) is 19.8. The molecule has 1 aromatic carbocycles. The molecule has 1 unspecified atom stereocenters. The van der Waals surface area contributed by atoms with Gasteiger partial charge in [0.25, 0.3) is 0 Å². The maximum atomic E-state index is 5.81. The highest BCUT2D eigenvalue weighted by atomic mass is 79.9. The van der Waals surface area contributed by atoms with E-state index in [1.807, 2.05) is 54.6 Å². The van der Waals surface area contributed by atoms with E-state index in [-0.39, 0.29) is 6.29 Å². The van der Waals surface area contributed by atoms with Crippen molar-refractivity contribution in [3.63, 3.8) is 0 Å². The Bertz CT molecular complexity index is 491. The standard InChI is InChI=1S/C13H14BrN3/c1-17-8-7-12(16-13(17)15)6-5-10-3-2-4-11(14)9-10/h2-9,13H,15H2,1H3/b6-5-. The SMILES string of the molecule is CN1C=CC(/C=C\c2cccc(Br)c2)=NC1N. The summed E-state index contributed by atoms with van der Waals surface area (Å²) in [5, 5.41) is 0. The molecule has 0 aromatic heterocycles. The lowest BCUT2D eigenvalue weighted by Gasteiger charge is -2.22. The second-order valence-electron chi connectivity index (χ2n) is 3.84. The molecule has 4 heteroatoms. The predicted molar refractivity (Wildman–Crippen MR) is 75.5 cm³/mol. The Labute approximate surface area is 109 Å². The highest BCUT2D eigenvalue weighted by Gasteiger charge is 2.07. The van der Waals surface area contributed by atoms with Gasteiger partial charge in [-0.1, -0.05) is 34.1 Å². The van der Waals surface area contributed by atoms with Gasteiger partial charge in [-0.2, -0.15) is 0 Å². The number of nitrogens with two attached hydrogens (primary N) is 1. The van der Waals surface area contributed by atoms with Crippen LogP contribution in [0.25, 0.3) is 6.08 Å². The summed E-state index contributed by atoms with van der Waals surface area (Å²) in [5.41, 5.74) is 7.82. The zero-order chi connectivity index (χ0) is 12.3. The molecule has 2 rings (SSSR count). The summed E-state index contributed by atoms with van der Waals surface area (Å²) in [4.78, 5) is 6.19. The highest BCUT2D eigenvalue weighted by Crippen LogP contribution is 2.13. The van der Waals surface area contributed by atoms with Gasteiger partial charge in [-0.3, -0.25) is 5.73 Å². The van der Waals surface area contributed by atoms with Crippen LogP contribution in [0, 0.1) is 0 Å². The largest absolute Gasteiger partial charge is 0.347 e. The molecule has 0 fully saturated rings. The van der Waals surface area contributed by atoms with E-state index in [4.69, 9.17) is 5.73 Å². The van der Waals surface area contributed by atoms with Gasteiger partial charge < -0.3 is 4.90 Å². The molecule has 0 saturated heterocycles. The predicted octanol–water partition coefficient (Wildman–Crippen LogP) is 2.60. The van der Waals surface area contributed by atoms with Crippen molar-refractivity contribution in [3.8, 4) is 0 Å². The Kier molecular flexibility index (Phi) is 3.76. The quantitative estimate of drug-likeness (QED) is 0.910. The van der Waals surface area contributed by atoms with E-state index in [1.54, 1.807) is 0 Å². The third-order valence-electron chi connectivity index (χ3n) is 2.47. The molecule has 1 aliphatic heterocycles. The third kappa shape index (κ3) is 3.28. The van der Waals surface area contributed by atoms with Crippen molar-refractivity contribution in [3.05, 3.63) is 52.7 Å². The van der Waals surface area contributed by atoms with Gasteiger partial charge in [0.15, 0.2) is 6.29 Å². The lowest BCUT2D eigenvalue weighted by atomic mass is 10.2. The van der Waals surface area contributed by atoms with Crippen LogP contribution in [0.15, 0.2) is 52.1 Å². The minimum absolute atomic E-state index is 0.290. The first-order chi connectivity index (χ1) is 8.15. The third-order valence-corrected chi connectivity index (χ3v) is 2.97. The Morgan fingerprint density at radius 2 is 2.24 bits per heavy atom. The molecule has 2 N–H and O–H groups in total. The molecule has 1 aliphatic rings. The molecule has 17 heavy (non-hydrogen) atoms. The van der Waals surface area contributed by atoms with Crippen LogP contribution in [0.5, 0.6) is 0 Å². The molecule has 0 spiro atoms. The van der Waals surface area contributed by atoms with Crippen molar-refractivity contribution < 1.29 is 0 Å². The van der Waals surface area contributed by atoms with Crippen LogP contribution >= 0.6 is 15.9 Å². The summed E-state index contributed by atoms with van der Waals surface area (Å²) >= 11 is 3.44. The van der Waals surface area contributed by atoms with Crippen LogP contribution in [0.3, 0.4) is 0 Å². The number of hydrogen-bond donors (Lipinski definition) is 1. The van der Waals surface area contributed by atoms with Crippen LogP contribution in [-0.4, -0.2) is 23.9 Å². The van der Waals surface area contributed by atoms with Gasteiger partial charge in [0, 0.05) is 17.7 Å². The Hall–Kier alpha value is -1.39. The van der Waals surface area contributed by atoms with Crippen molar-refractivity contribution in [1.82, 2.24) is 4.90 Å². The van der Waals surface area contributed by atoms with E-state index in [2.05, 4.69) is 27.0 Å². The van der Waals surface area contributed by atoms with Gasteiger partial charge >= 0.3 is 0 Å². The number of halogens is 1. The molecule has 0 saturated carbocycles. The van der Waals surface area contributed by atoms with Gasteiger partial charge in [-0.15, -0.1) is 0 Å². The Morgan fingerprint density at radius 3 is 2.94 bits per heavy atom. The van der Waals surface area contributed by atoms with Crippen molar-refractivity contribution in [2.75, 3.05) is 7.05 Å². The highest BCUT2D eigenvalue weighted by molar-refractivity contribution is 9.10. The molecular formula is C13H14BrN3. The van der Waals surface area contributed by atoms with Gasteiger partial charge in [0.05, 0.1) is 5.71 Å². The zero-order valence-corrected chi connectivity index (χ0v) is 11.1. The molecule has 0 radical (unpaired) electrons. The Balaban J connectivity index is 2.12. The molecule has 1 aromatic rings. The second-order valence-corrected chi connectivity index (χ2v) is 4.75. The van der Waals surface area contributed by atoms with Gasteiger partial charge in [0.2, 0.25) is 0 Å². The van der Waals surface area contributed by atoms with Crippen LogP contribution < -0.4 is 5.73 Å². The minimum Gasteiger partial charge on any atom is -0.347 e. The number of allylic oxidation sites excluding steroid dienone is 2. The molecule has 0 amide bonds. The summed E-state index contributed by atoms with van der Waals surface area (Å²) in [7, 11) is 1.90. The van der Waals surface area contributed by atoms with E-state index >= 15 is 0 Å². The van der Waals surface area contributed by atoms with Crippen LogP contribution in [-0.2, 0) is 0 Å². The molecule has 3 nitrogen and oxygen atoms in total. The maximum absolute atomic E-state index is 5.81. The van der Waals surface area contributed by atoms with Crippen LogP contribution in [0.1, 0.15) is 5.56 Å². The van der Waals surface area contributed by atoms with E-state index < -0.39 is 0 Å². The number of nitrogens with zero attached hydrogens (tertiary/aromatic N) is 2. The fraction of sp³-hybridized carbons (Fsp3) is 0.154. The van der Waals surface area contributed by atoms with Crippen molar-refractivity contribution in [1.29, 1.82) is 0 Å². The summed E-state index contributed by atoms with van der Waals surface area (Å²) in [6.07, 6.45) is 7.56. The summed E-state index contributed by atoms with van der Waals surface area (Å²) in [5.74, 6) is 0. The molecule has 0 bridgehead atoms. The fourth-order valence-corrected chi connectivity index (χ4v) is 1.88. The number of aliphatic imine (C=N–C) groups is 1. The fourth-order valence-electron chi connectivity index (χ4n) is 1.46. The smallest absolute Gasteiger partial charge is 0.173 e. The Morgan fingerprint density at radius 1 is 1.41 bits per heavy atom. The minimum atomic E-state index is -0.290.